The normalized spacial score (nSPS) is 36.3. The topological polar surface area (TPSA) is 497 Å². The summed E-state index contributed by atoms with van der Waals surface area (Å²) in [5.74, 6) is -6.97. The Morgan fingerprint density at radius 3 is 2.09 bits per heavy atom. The van der Waals surface area contributed by atoms with Crippen molar-refractivity contribution in [3.8, 4) is 0 Å². The molecule has 7 heterocycles. The molecule has 7 aliphatic heterocycles. The average molecular weight is 1350 g/mol. The number of phosphoric acid groups is 1. The van der Waals surface area contributed by atoms with Crippen molar-refractivity contribution in [2.45, 2.75) is 214 Å². The number of carbonyl (C=O) groups excluding carboxylic acids is 5. The van der Waals surface area contributed by atoms with Gasteiger partial charge < -0.3 is 85.2 Å². The van der Waals surface area contributed by atoms with Crippen LogP contribution in [0.15, 0.2) is 49.3 Å². The van der Waals surface area contributed by atoms with E-state index in [0.717, 1.165) is 12.8 Å². The minimum atomic E-state index is -5.03. The number of nitrogens with two attached hydrogens (primary N) is 4. The quantitative estimate of drug-likeness (QED) is 0.0336. The van der Waals surface area contributed by atoms with Crippen LogP contribution >= 0.6 is 7.82 Å². The first-order valence-corrected chi connectivity index (χ1v) is 33.0. The number of primary amides is 4. The first-order chi connectivity index (χ1) is 41.8. The number of aliphatic imine (C=N–C) groups is 3. The summed E-state index contributed by atoms with van der Waals surface area (Å²) < 4.78 is 30.9. The second-order valence-corrected chi connectivity index (χ2v) is 29.7. The first-order valence-electron chi connectivity index (χ1n) is 31.5. The van der Waals surface area contributed by atoms with Crippen molar-refractivity contribution in [3.63, 3.8) is 0 Å². The molecule has 8 aliphatic rings. The van der Waals surface area contributed by atoms with Crippen molar-refractivity contribution >= 4 is 66.3 Å². The fourth-order valence-corrected chi connectivity index (χ4v) is 17.8. The van der Waals surface area contributed by atoms with Gasteiger partial charge in [-0.3, -0.25) is 52.9 Å². The molecular weight excluding hydrogens is 1260 g/mol. The number of phosphoric ester groups is 1. The number of rotatable bonds is 26. The Morgan fingerprint density at radius 2 is 1.50 bits per heavy atom. The summed E-state index contributed by atoms with van der Waals surface area (Å²) in [6, 6.07) is -1.05. The number of allylic oxidation sites excluding steroid dienone is 6. The Labute approximate surface area is 548 Å². The maximum atomic E-state index is 14.4. The van der Waals surface area contributed by atoms with Crippen LogP contribution in [0.3, 0.4) is 0 Å². The predicted molar refractivity (Wildman–Crippen MR) is 333 cm³/mol. The second kappa shape index (κ2) is 28.6. The fraction of sp³-hybridized carbons (Fsp3) is 0.742. The van der Waals surface area contributed by atoms with Crippen molar-refractivity contribution < 1.29 is 89.9 Å². The molecule has 4 fully saturated rings. The number of nitrogens with zero attached hydrogens (tertiary/aromatic N) is 5. The Morgan fingerprint density at radius 1 is 0.891 bits per heavy atom. The Bertz CT molecular complexity index is 3160. The summed E-state index contributed by atoms with van der Waals surface area (Å²) >= 11 is 0. The number of hydrogen-bond donors (Lipinski definition) is 11. The van der Waals surface area contributed by atoms with E-state index in [9.17, 15) is 53.9 Å². The number of ether oxygens (including phenoxy) is 1. The summed E-state index contributed by atoms with van der Waals surface area (Å²) in [5.41, 5.74) is 22.2. The van der Waals surface area contributed by atoms with Gasteiger partial charge in [-0.25, -0.2) is 4.57 Å². The smallest absolute Gasteiger partial charge is 0.472 e. The zero-order valence-corrected chi connectivity index (χ0v) is 56.5. The zero-order valence-electron chi connectivity index (χ0n) is 54.6. The van der Waals surface area contributed by atoms with Gasteiger partial charge in [0, 0.05) is 135 Å². The molecule has 0 aromatic heterocycles. The van der Waals surface area contributed by atoms with Crippen LogP contribution in [0.4, 0.5) is 0 Å². The maximum Gasteiger partial charge on any atom is 0.472 e. The van der Waals surface area contributed by atoms with Gasteiger partial charge in [0.1, 0.15) is 24.5 Å². The minimum absolute atomic E-state index is 0. The van der Waals surface area contributed by atoms with Crippen LogP contribution in [0.1, 0.15) is 160 Å². The van der Waals surface area contributed by atoms with Gasteiger partial charge in [0.25, 0.3) is 0 Å². The van der Waals surface area contributed by atoms with Gasteiger partial charge in [-0.2, -0.15) is 0 Å². The fourth-order valence-electron chi connectivity index (χ4n) is 16.6. The number of nitrogens with one attached hydrogen (secondary N) is 4. The second-order valence-electron chi connectivity index (χ2n) is 28.3. The molecular formula is C62H96CoN13O15P-4. The SMILES string of the molecule is CC1=C2N=C(C=C3NC(=C(C)C4=NC(C)(C5N=C1C(C)(CCC(=O)NCC(C)OP(=O)(O)OC1C(CO)OC(N6C[N-]C7CC(C)C(C)CC76)C1O)C5CC(N)=O)C(C)(CC(N)=O)C4CCC(N)=O)C(C)(CC(N)=O)C3CCC(=N)[O-])C(C)(C)C2CCC(=N)[O-].[Co].[OH-]. The number of aliphatic hydroxyl groups excluding tert-OH is 2. The summed E-state index contributed by atoms with van der Waals surface area (Å²) in [7, 11) is -5.03. The van der Waals surface area contributed by atoms with E-state index in [-0.39, 0.29) is 118 Å². The van der Waals surface area contributed by atoms with Crippen LogP contribution in [0.2, 0.25) is 0 Å². The monoisotopic (exact) mass is 1350 g/mol. The van der Waals surface area contributed by atoms with Crippen LogP contribution in [0.25, 0.3) is 5.32 Å². The number of aliphatic hydroxyl groups is 2. The Hall–Kier alpha value is -5.30. The van der Waals surface area contributed by atoms with Gasteiger partial charge in [0.2, 0.25) is 29.5 Å². The molecule has 8 bridgehead atoms. The van der Waals surface area contributed by atoms with Crippen LogP contribution in [0, 0.1) is 68.0 Å². The molecule has 16 N–H and O–H groups in total. The summed E-state index contributed by atoms with van der Waals surface area (Å²) in [6.45, 7) is 20.0. The van der Waals surface area contributed by atoms with Crippen LogP contribution in [0.5, 0.6) is 0 Å². The molecule has 30 heteroatoms. The molecule has 1 radical (unpaired) electrons. The molecule has 5 amide bonds. The third kappa shape index (κ3) is 14.6. The van der Waals surface area contributed by atoms with Crippen molar-refractivity contribution in [3.05, 3.63) is 39.6 Å². The molecule has 0 spiro atoms. The van der Waals surface area contributed by atoms with Crippen LogP contribution in [-0.2, 0) is 59.1 Å². The third-order valence-electron chi connectivity index (χ3n) is 22.0. The predicted octanol–water partition coefficient (Wildman–Crippen LogP) is 2.30. The maximum absolute atomic E-state index is 14.4. The molecule has 28 nitrogen and oxygen atoms in total. The molecule has 0 aromatic carbocycles. The van der Waals surface area contributed by atoms with Gasteiger partial charge in [-0.1, -0.05) is 61.6 Å². The van der Waals surface area contributed by atoms with E-state index in [4.69, 9.17) is 67.8 Å². The minimum Gasteiger partial charge on any atom is -0.870 e. The van der Waals surface area contributed by atoms with Crippen molar-refractivity contribution in [1.29, 1.82) is 10.8 Å². The molecule has 0 aromatic rings. The molecule has 3 saturated heterocycles. The molecule has 517 valence electrons. The van der Waals surface area contributed by atoms with E-state index < -0.39 is 143 Å². The molecule has 1 saturated carbocycles. The van der Waals surface area contributed by atoms with E-state index in [2.05, 4.69) is 24.5 Å². The molecule has 92 heavy (non-hydrogen) atoms. The molecule has 1 aliphatic carbocycles. The van der Waals surface area contributed by atoms with E-state index in [1.165, 1.54) is 6.92 Å². The zero-order chi connectivity index (χ0) is 66.7. The van der Waals surface area contributed by atoms with Gasteiger partial charge in [0.05, 0.1) is 24.3 Å². The number of carbonyl (C=O) groups is 5. The molecule has 8 rings (SSSR count). The molecule has 19 atom stereocenters. The van der Waals surface area contributed by atoms with Gasteiger partial charge in [-0.15, -0.1) is 6.04 Å². The van der Waals surface area contributed by atoms with E-state index in [1.807, 2.05) is 59.4 Å². The summed E-state index contributed by atoms with van der Waals surface area (Å²) in [5, 5.41) is 74.3. The van der Waals surface area contributed by atoms with Crippen LogP contribution < -0.4 is 43.8 Å². The van der Waals surface area contributed by atoms with Crippen molar-refractivity contribution in [1.82, 2.24) is 15.5 Å². The third-order valence-corrected chi connectivity index (χ3v) is 23.1. The van der Waals surface area contributed by atoms with Crippen molar-refractivity contribution in [2.24, 2.45) is 95.1 Å². The number of hydrogen-bond acceptors (Lipinski definition) is 21. The summed E-state index contributed by atoms with van der Waals surface area (Å²) in [4.78, 5) is 97.9. The standard InChI is InChI=1S/C62H97N13O14P.Co.H2O/c1-29-20-39-40(21-30(29)2)75(28-70-39)57-52(84)53(41(27-76)87-57)89-90(85,86)88-31(3)26-69-49(83)18-19-59(8)37(22-46(66)80)56-62(11)61(10,25-48(68)82)36(14-17-45(65)79)51(74-62)33(5)55-60(9,24-47(67)81)34(12-15-43(63)77)38(71-55)23-42-58(6,7)35(13-16-44(64)78)50(72-42)32(4)54(59)73-56;;/h23,29-31,34-37,39-41,52-53,56-57,71,76,84H,12-22,24-28H2,1-11H3,(H2,63,77)(H2,64,78)(H2,65,79)(H2,66,80)(H2,67,81)(H2,68,82)(H,69,83)(H,85,86);;1H2/q-1;;/p-3. The summed E-state index contributed by atoms with van der Waals surface area (Å²) in [6.07, 6.45) is -4.01. The van der Waals surface area contributed by atoms with E-state index in [0.29, 0.717) is 57.2 Å². The van der Waals surface area contributed by atoms with Gasteiger partial charge in [-0.05, 0) is 120 Å². The Kier molecular flexibility index (Phi) is 23.5. The number of fused-ring (bicyclic) bond motifs is 7. The Balaban J connectivity index is 0.00000672. The van der Waals surface area contributed by atoms with Crippen LogP contribution in [-0.4, -0.2) is 158 Å². The number of amides is 5. The van der Waals surface area contributed by atoms with Crippen molar-refractivity contribution in [2.75, 3.05) is 19.8 Å². The molecule has 19 unspecified atom stereocenters. The largest absolute Gasteiger partial charge is 0.870 e. The van der Waals surface area contributed by atoms with E-state index in [1.54, 1.807) is 6.92 Å². The van der Waals surface area contributed by atoms with Gasteiger partial charge >= 0.3 is 7.82 Å². The van der Waals surface area contributed by atoms with Gasteiger partial charge in [0.15, 0.2) is 0 Å². The first kappa shape index (κ1) is 75.7. The average Bonchev–Trinajstić information content (AvgIpc) is 1.53. The van der Waals surface area contributed by atoms with E-state index >= 15 is 0 Å².